The molecule has 0 radical (unpaired) electrons. The number of para-hydroxylation sites is 2. The number of alkyl halides is 2. The molecule has 1 atom stereocenters. The van der Waals surface area contributed by atoms with E-state index in [1.165, 1.54) is 13.0 Å². The highest BCUT2D eigenvalue weighted by Crippen LogP contribution is 2.23. The van der Waals surface area contributed by atoms with E-state index in [0.717, 1.165) is 4.57 Å². The van der Waals surface area contributed by atoms with Gasteiger partial charge in [0.2, 0.25) is 0 Å². The van der Waals surface area contributed by atoms with E-state index in [4.69, 9.17) is 14.7 Å². The summed E-state index contributed by atoms with van der Waals surface area (Å²) < 4.78 is 38.0. The lowest BCUT2D eigenvalue weighted by molar-refractivity contribution is -0.152. The molecule has 0 fully saturated rings. The number of aromatic nitrogens is 2. The highest BCUT2D eigenvalue weighted by molar-refractivity contribution is 5.76. The van der Waals surface area contributed by atoms with Gasteiger partial charge in [0.05, 0.1) is 22.7 Å². The average molecular weight is 371 g/mol. The van der Waals surface area contributed by atoms with Crippen LogP contribution in [0.2, 0.25) is 0 Å². The number of hydrogen-bond donors (Lipinski definition) is 0. The van der Waals surface area contributed by atoms with Gasteiger partial charge in [-0.3, -0.25) is 4.57 Å². The Bertz CT molecular complexity index is 994. The lowest BCUT2D eigenvalue weighted by atomic mass is 10.2. The zero-order chi connectivity index (χ0) is 19.4. The molecule has 0 amide bonds. The van der Waals surface area contributed by atoms with E-state index in [1.54, 1.807) is 42.5 Å². The van der Waals surface area contributed by atoms with Crippen LogP contribution in [0.3, 0.4) is 0 Å². The van der Waals surface area contributed by atoms with Gasteiger partial charge in [-0.15, -0.1) is 0 Å². The highest BCUT2D eigenvalue weighted by atomic mass is 19.3. The molecule has 2 aromatic carbocycles. The molecule has 0 aliphatic carbocycles. The number of esters is 1. The Kier molecular flexibility index (Phi) is 5.31. The molecule has 0 saturated heterocycles. The summed E-state index contributed by atoms with van der Waals surface area (Å²) in [6, 6.07) is 14.6. The molecule has 8 heteroatoms. The van der Waals surface area contributed by atoms with Gasteiger partial charge in [-0.25, -0.2) is 9.78 Å². The molecule has 27 heavy (non-hydrogen) atoms. The van der Waals surface area contributed by atoms with Crippen molar-refractivity contribution in [2.75, 3.05) is 0 Å². The van der Waals surface area contributed by atoms with Crippen LogP contribution in [0.1, 0.15) is 24.9 Å². The van der Waals surface area contributed by atoms with Crippen LogP contribution in [0.25, 0.3) is 11.0 Å². The van der Waals surface area contributed by atoms with Gasteiger partial charge in [-0.05, 0) is 43.3 Å². The van der Waals surface area contributed by atoms with Gasteiger partial charge in [0, 0.05) is 0 Å². The minimum Gasteiger partial charge on any atom is -0.479 e. The van der Waals surface area contributed by atoms with Crippen LogP contribution in [0.5, 0.6) is 5.75 Å². The normalized spacial score (nSPS) is 12.0. The third-order valence-corrected chi connectivity index (χ3v) is 3.84. The quantitative estimate of drug-likeness (QED) is 0.616. The lowest BCUT2D eigenvalue weighted by Crippen LogP contribution is -2.26. The predicted molar refractivity (Wildman–Crippen MR) is 92.0 cm³/mol. The Morgan fingerprint density at radius 2 is 1.93 bits per heavy atom. The maximum absolute atomic E-state index is 13.4. The summed E-state index contributed by atoms with van der Waals surface area (Å²) in [7, 11) is 0. The molecule has 1 heterocycles. The maximum atomic E-state index is 13.4. The second-order valence-corrected chi connectivity index (χ2v) is 5.67. The van der Waals surface area contributed by atoms with Crippen LogP contribution in [-0.4, -0.2) is 21.6 Å². The zero-order valence-electron chi connectivity index (χ0n) is 14.3. The van der Waals surface area contributed by atoms with Gasteiger partial charge in [-0.1, -0.05) is 12.1 Å². The molecule has 1 aromatic heterocycles. The number of imidazole rings is 1. The standard InChI is InChI=1S/C19H15F2N3O3/c1-12(27-14-8-6-13(10-22)7-9-14)18(25)26-11-17-23-15-4-2-3-5-16(15)24(17)19(20)21/h2-9,12,19H,11H2,1H3. The van der Waals surface area contributed by atoms with Crippen LogP contribution in [0.15, 0.2) is 48.5 Å². The SMILES string of the molecule is CC(Oc1ccc(C#N)cc1)C(=O)OCc1nc2ccccc2n1C(F)F. The van der Waals surface area contributed by atoms with Gasteiger partial charge in [-0.2, -0.15) is 14.0 Å². The third kappa shape index (κ3) is 4.03. The fraction of sp³-hybridized carbons (Fsp3) is 0.211. The van der Waals surface area contributed by atoms with Crippen molar-refractivity contribution in [3.05, 3.63) is 59.9 Å². The number of fused-ring (bicyclic) bond motifs is 1. The molecular weight excluding hydrogens is 356 g/mol. The molecule has 0 aliphatic rings. The molecule has 1 unspecified atom stereocenters. The van der Waals surface area contributed by atoms with E-state index in [9.17, 15) is 13.6 Å². The Morgan fingerprint density at radius 3 is 2.59 bits per heavy atom. The smallest absolute Gasteiger partial charge is 0.347 e. The highest BCUT2D eigenvalue weighted by Gasteiger charge is 2.21. The number of ether oxygens (including phenoxy) is 2. The van der Waals surface area contributed by atoms with Crippen molar-refractivity contribution in [2.24, 2.45) is 0 Å². The van der Waals surface area contributed by atoms with E-state index in [1.807, 2.05) is 6.07 Å². The minimum absolute atomic E-state index is 0.0508. The molecule has 138 valence electrons. The van der Waals surface area contributed by atoms with Gasteiger partial charge in [0.25, 0.3) is 0 Å². The van der Waals surface area contributed by atoms with Gasteiger partial charge in [0.15, 0.2) is 11.9 Å². The molecule has 0 spiro atoms. The van der Waals surface area contributed by atoms with Crippen molar-refractivity contribution in [2.45, 2.75) is 26.2 Å². The van der Waals surface area contributed by atoms with Crippen molar-refractivity contribution >= 4 is 17.0 Å². The number of carbonyl (C=O) groups excluding carboxylic acids is 1. The third-order valence-electron chi connectivity index (χ3n) is 3.84. The minimum atomic E-state index is -2.81. The number of nitrogens with zero attached hydrogens (tertiary/aromatic N) is 3. The predicted octanol–water partition coefficient (Wildman–Crippen LogP) is 3.81. The number of rotatable bonds is 6. The van der Waals surface area contributed by atoms with Crippen molar-refractivity contribution in [1.29, 1.82) is 5.26 Å². The summed E-state index contributed by atoms with van der Waals surface area (Å²) >= 11 is 0. The summed E-state index contributed by atoms with van der Waals surface area (Å²) in [5, 5.41) is 8.76. The maximum Gasteiger partial charge on any atom is 0.347 e. The topological polar surface area (TPSA) is 77.1 Å². The van der Waals surface area contributed by atoms with Gasteiger partial charge >= 0.3 is 12.5 Å². The molecule has 0 aliphatic heterocycles. The summed E-state index contributed by atoms with van der Waals surface area (Å²) in [6.45, 7) is -1.73. The summed E-state index contributed by atoms with van der Waals surface area (Å²) in [6.07, 6.45) is -0.956. The number of halogens is 2. The lowest BCUT2D eigenvalue weighted by Gasteiger charge is -2.14. The van der Waals surface area contributed by atoms with E-state index in [0.29, 0.717) is 16.8 Å². The van der Waals surface area contributed by atoms with E-state index in [2.05, 4.69) is 4.98 Å². The number of hydrogen-bond acceptors (Lipinski definition) is 5. The molecule has 0 saturated carbocycles. The van der Waals surface area contributed by atoms with Crippen LogP contribution in [-0.2, 0) is 16.1 Å². The van der Waals surface area contributed by atoms with Gasteiger partial charge < -0.3 is 9.47 Å². The Labute approximate surface area is 153 Å². The van der Waals surface area contributed by atoms with E-state index in [-0.39, 0.29) is 11.3 Å². The largest absolute Gasteiger partial charge is 0.479 e. The Balaban J connectivity index is 1.67. The number of nitriles is 1. The Morgan fingerprint density at radius 1 is 1.22 bits per heavy atom. The van der Waals surface area contributed by atoms with Crippen molar-refractivity contribution in [3.63, 3.8) is 0 Å². The average Bonchev–Trinajstić information content (AvgIpc) is 3.05. The first-order valence-corrected chi connectivity index (χ1v) is 8.07. The van der Waals surface area contributed by atoms with Crippen molar-refractivity contribution in [3.8, 4) is 11.8 Å². The number of carbonyl (C=O) groups is 1. The first-order chi connectivity index (χ1) is 13.0. The second-order valence-electron chi connectivity index (χ2n) is 5.67. The molecule has 3 aromatic rings. The van der Waals surface area contributed by atoms with E-state index < -0.39 is 25.2 Å². The fourth-order valence-corrected chi connectivity index (χ4v) is 2.53. The Hall–Kier alpha value is -3.47. The summed E-state index contributed by atoms with van der Waals surface area (Å²) in [5.41, 5.74) is 1.12. The zero-order valence-corrected chi connectivity index (χ0v) is 14.3. The first kappa shape index (κ1) is 18.3. The monoisotopic (exact) mass is 371 g/mol. The first-order valence-electron chi connectivity index (χ1n) is 8.07. The van der Waals surface area contributed by atoms with Crippen LogP contribution in [0.4, 0.5) is 8.78 Å². The summed E-state index contributed by atoms with van der Waals surface area (Å²) in [4.78, 5) is 16.2. The fourth-order valence-electron chi connectivity index (χ4n) is 2.53. The molecule has 6 nitrogen and oxygen atoms in total. The molecule has 0 N–H and O–H groups in total. The van der Waals surface area contributed by atoms with Crippen LogP contribution in [0, 0.1) is 11.3 Å². The second kappa shape index (κ2) is 7.83. The van der Waals surface area contributed by atoms with Gasteiger partial charge in [0.1, 0.15) is 12.4 Å². The molecular formula is C19H15F2N3O3. The van der Waals surface area contributed by atoms with Crippen LogP contribution < -0.4 is 4.74 Å². The van der Waals surface area contributed by atoms with E-state index >= 15 is 0 Å². The number of benzene rings is 2. The van der Waals surface area contributed by atoms with Crippen molar-refractivity contribution in [1.82, 2.24) is 9.55 Å². The molecule has 3 rings (SSSR count). The van der Waals surface area contributed by atoms with Crippen molar-refractivity contribution < 1.29 is 23.0 Å². The molecule has 0 bridgehead atoms. The van der Waals surface area contributed by atoms with Crippen LogP contribution >= 0.6 is 0 Å². The summed E-state index contributed by atoms with van der Waals surface area (Å²) in [5.74, 6) is -0.379.